The van der Waals surface area contributed by atoms with E-state index in [1.165, 1.54) is 11.8 Å². The lowest BCUT2D eigenvalue weighted by Gasteiger charge is -2.12. The number of thioether (sulfide) groups is 1. The molecule has 1 heterocycles. The Labute approximate surface area is 114 Å². The third kappa shape index (κ3) is 6.79. The number of rotatable bonds is 3. The maximum Gasteiger partial charge on any atom is 0.232 e. The van der Waals surface area contributed by atoms with Crippen molar-refractivity contribution in [2.75, 3.05) is 12.3 Å². The van der Waals surface area contributed by atoms with E-state index in [0.717, 1.165) is 11.8 Å². The fourth-order valence-electron chi connectivity index (χ4n) is 1.36. The molecule has 1 fully saturated rings. The minimum atomic E-state index is -0.190. The quantitative estimate of drug-likeness (QED) is 0.743. The number of hydrogen-bond donors (Lipinski definition) is 0. The zero-order valence-electron chi connectivity index (χ0n) is 12.3. The molecule has 1 aliphatic heterocycles. The van der Waals surface area contributed by atoms with E-state index in [4.69, 9.17) is 0 Å². The number of amides is 2. The molecule has 0 radical (unpaired) electrons. The SMILES string of the molecule is CC.CC.CC(=O)SCCN1C(=O)CC(C)C1=O. The van der Waals surface area contributed by atoms with Gasteiger partial charge >= 0.3 is 0 Å². The zero-order chi connectivity index (χ0) is 14.7. The monoisotopic (exact) mass is 275 g/mol. The van der Waals surface area contributed by atoms with Crippen LogP contribution in [0, 0.1) is 5.92 Å². The zero-order valence-corrected chi connectivity index (χ0v) is 13.1. The van der Waals surface area contributed by atoms with Gasteiger partial charge in [0.25, 0.3) is 0 Å². The molecule has 0 aliphatic carbocycles. The lowest BCUT2D eigenvalue weighted by atomic mass is 10.1. The molecule has 0 spiro atoms. The van der Waals surface area contributed by atoms with E-state index >= 15 is 0 Å². The number of carbonyl (C=O) groups excluding carboxylic acids is 3. The fourth-order valence-corrected chi connectivity index (χ4v) is 1.93. The van der Waals surface area contributed by atoms with Crippen LogP contribution in [0.1, 0.15) is 48.0 Å². The molecule has 0 aromatic carbocycles. The Hall–Kier alpha value is -0.840. The van der Waals surface area contributed by atoms with Gasteiger partial charge in [0.1, 0.15) is 0 Å². The summed E-state index contributed by atoms with van der Waals surface area (Å²) >= 11 is 1.14. The largest absolute Gasteiger partial charge is 0.288 e. The summed E-state index contributed by atoms with van der Waals surface area (Å²) in [5.41, 5.74) is 0. The van der Waals surface area contributed by atoms with E-state index in [2.05, 4.69) is 0 Å². The molecule has 2 amide bonds. The van der Waals surface area contributed by atoms with E-state index in [0.29, 0.717) is 18.7 Å². The van der Waals surface area contributed by atoms with Crippen LogP contribution < -0.4 is 0 Å². The Morgan fingerprint density at radius 2 is 1.78 bits per heavy atom. The Bertz CT molecular complexity index is 279. The first-order valence-electron chi connectivity index (χ1n) is 6.50. The van der Waals surface area contributed by atoms with E-state index in [1.807, 2.05) is 27.7 Å². The Balaban J connectivity index is 0. The second-order valence-corrected chi connectivity index (χ2v) is 4.60. The third-order valence-electron chi connectivity index (χ3n) is 2.09. The van der Waals surface area contributed by atoms with Gasteiger partial charge in [-0.2, -0.15) is 0 Å². The standard InChI is InChI=1S/C9H13NO3S.2C2H6/c1-6-5-8(12)10(9(6)13)3-4-14-7(2)11;2*1-2/h6H,3-5H2,1-2H3;2*1-2H3. The van der Waals surface area contributed by atoms with E-state index in [9.17, 15) is 14.4 Å². The number of likely N-dealkylation sites (tertiary alicyclic amines) is 1. The number of nitrogens with zero attached hydrogens (tertiary/aromatic N) is 1. The van der Waals surface area contributed by atoms with Crippen molar-refractivity contribution in [2.24, 2.45) is 5.92 Å². The second kappa shape index (κ2) is 11.3. The summed E-state index contributed by atoms with van der Waals surface area (Å²) < 4.78 is 0. The molecule has 4 nitrogen and oxygen atoms in total. The fraction of sp³-hybridized carbons (Fsp3) is 0.769. The summed E-state index contributed by atoms with van der Waals surface area (Å²) in [5, 5.41) is 0.0112. The minimum Gasteiger partial charge on any atom is -0.288 e. The Morgan fingerprint density at radius 3 is 2.11 bits per heavy atom. The van der Waals surface area contributed by atoms with Gasteiger partial charge in [0, 0.05) is 31.6 Å². The molecule has 1 rings (SSSR count). The van der Waals surface area contributed by atoms with Crippen molar-refractivity contribution in [1.29, 1.82) is 0 Å². The van der Waals surface area contributed by atoms with Crippen molar-refractivity contribution < 1.29 is 14.4 Å². The third-order valence-corrected chi connectivity index (χ3v) is 2.88. The highest BCUT2D eigenvalue weighted by molar-refractivity contribution is 8.13. The topological polar surface area (TPSA) is 54.5 Å². The highest BCUT2D eigenvalue weighted by atomic mass is 32.2. The molecule has 1 saturated heterocycles. The molecule has 1 atom stereocenters. The molecule has 1 unspecified atom stereocenters. The van der Waals surface area contributed by atoms with Gasteiger partial charge < -0.3 is 0 Å². The maximum absolute atomic E-state index is 11.4. The molecule has 0 aromatic rings. The minimum absolute atomic E-state index is 0.0112. The first-order valence-corrected chi connectivity index (χ1v) is 7.48. The normalized spacial score (nSPS) is 17.7. The molecule has 0 aromatic heterocycles. The summed E-state index contributed by atoms with van der Waals surface area (Å²) in [7, 11) is 0. The summed E-state index contributed by atoms with van der Waals surface area (Å²) in [6.45, 7) is 11.6. The van der Waals surface area contributed by atoms with Gasteiger partial charge in [-0.05, 0) is 0 Å². The average Bonchev–Trinajstić information content (AvgIpc) is 2.60. The van der Waals surface area contributed by atoms with Crippen molar-refractivity contribution >= 4 is 28.7 Å². The first-order chi connectivity index (χ1) is 8.52. The van der Waals surface area contributed by atoms with Crippen LogP contribution in [-0.2, 0) is 14.4 Å². The van der Waals surface area contributed by atoms with E-state index < -0.39 is 0 Å². The Kier molecular flexibility index (Phi) is 12.2. The molecule has 0 N–H and O–H groups in total. The second-order valence-electron chi connectivity index (χ2n) is 3.33. The summed E-state index contributed by atoms with van der Waals surface area (Å²) in [4.78, 5) is 34.6. The molecule has 18 heavy (non-hydrogen) atoms. The van der Waals surface area contributed by atoms with Crippen LogP contribution in [0.5, 0.6) is 0 Å². The summed E-state index contributed by atoms with van der Waals surface area (Å²) in [6, 6.07) is 0. The van der Waals surface area contributed by atoms with Crippen LogP contribution in [-0.4, -0.2) is 34.1 Å². The van der Waals surface area contributed by atoms with Gasteiger partial charge in [-0.1, -0.05) is 46.4 Å². The smallest absolute Gasteiger partial charge is 0.232 e. The molecule has 0 bridgehead atoms. The van der Waals surface area contributed by atoms with Crippen LogP contribution >= 0.6 is 11.8 Å². The molecule has 0 saturated carbocycles. The summed E-state index contributed by atoms with van der Waals surface area (Å²) in [6.07, 6.45) is 0.309. The lowest BCUT2D eigenvalue weighted by molar-refractivity contribution is -0.138. The van der Waals surface area contributed by atoms with Crippen molar-refractivity contribution in [3.63, 3.8) is 0 Å². The molecular weight excluding hydrogens is 250 g/mol. The van der Waals surface area contributed by atoms with Gasteiger partial charge in [-0.25, -0.2) is 0 Å². The van der Waals surface area contributed by atoms with Crippen LogP contribution in [0.3, 0.4) is 0 Å². The van der Waals surface area contributed by atoms with Crippen LogP contribution in [0.4, 0.5) is 0 Å². The highest BCUT2D eigenvalue weighted by Crippen LogP contribution is 2.18. The predicted molar refractivity (Wildman–Crippen MR) is 76.3 cm³/mol. The van der Waals surface area contributed by atoms with Crippen LogP contribution in [0.25, 0.3) is 0 Å². The van der Waals surface area contributed by atoms with Crippen LogP contribution in [0.2, 0.25) is 0 Å². The number of hydrogen-bond acceptors (Lipinski definition) is 4. The maximum atomic E-state index is 11.4. The van der Waals surface area contributed by atoms with Gasteiger partial charge in [-0.3, -0.25) is 19.3 Å². The van der Waals surface area contributed by atoms with Crippen molar-refractivity contribution in [1.82, 2.24) is 4.90 Å². The van der Waals surface area contributed by atoms with E-state index in [1.54, 1.807) is 6.92 Å². The predicted octanol–water partition coefficient (Wildman–Crippen LogP) is 2.71. The van der Waals surface area contributed by atoms with Crippen molar-refractivity contribution in [3.05, 3.63) is 0 Å². The highest BCUT2D eigenvalue weighted by Gasteiger charge is 2.34. The molecular formula is C13H25NO3S. The van der Waals surface area contributed by atoms with Crippen molar-refractivity contribution in [2.45, 2.75) is 48.0 Å². The lowest BCUT2D eigenvalue weighted by Crippen LogP contribution is -2.32. The summed E-state index contributed by atoms with van der Waals surface area (Å²) in [5.74, 6) is 0.0788. The van der Waals surface area contributed by atoms with E-state index in [-0.39, 0.29) is 22.8 Å². The van der Waals surface area contributed by atoms with Crippen LogP contribution in [0.15, 0.2) is 0 Å². The molecule has 106 valence electrons. The van der Waals surface area contributed by atoms with Gasteiger partial charge in [0.15, 0.2) is 5.12 Å². The van der Waals surface area contributed by atoms with Gasteiger partial charge in [0.05, 0.1) is 0 Å². The number of imide groups is 1. The average molecular weight is 275 g/mol. The first kappa shape index (κ1) is 19.5. The van der Waals surface area contributed by atoms with Gasteiger partial charge in [0.2, 0.25) is 11.8 Å². The van der Waals surface area contributed by atoms with Crippen molar-refractivity contribution in [3.8, 4) is 0 Å². The Morgan fingerprint density at radius 1 is 1.28 bits per heavy atom. The van der Waals surface area contributed by atoms with Gasteiger partial charge in [-0.15, -0.1) is 0 Å². The molecule has 5 heteroatoms. The number of carbonyl (C=O) groups is 3. The molecule has 1 aliphatic rings.